The van der Waals surface area contributed by atoms with Crippen LogP contribution in [0.4, 0.5) is 4.39 Å². The molecule has 2 aromatic heterocycles. The van der Waals surface area contributed by atoms with Crippen LogP contribution >= 0.6 is 11.6 Å². The van der Waals surface area contributed by atoms with Crippen molar-refractivity contribution in [3.8, 4) is 11.3 Å². The SMILES string of the molecule is CNC(=O)c1ccc(-c2nc3cc(Cl)ccn3c2CC2CN(C(C)=O)CCO2)c(F)c1. The van der Waals surface area contributed by atoms with Crippen LogP contribution in [0.1, 0.15) is 23.0 Å². The normalized spacial score (nSPS) is 16.5. The first-order valence-corrected chi connectivity index (χ1v) is 10.3. The Morgan fingerprint density at radius 3 is 2.84 bits per heavy atom. The van der Waals surface area contributed by atoms with Crippen molar-refractivity contribution in [1.29, 1.82) is 0 Å². The van der Waals surface area contributed by atoms with Gasteiger partial charge in [0.15, 0.2) is 0 Å². The number of halogens is 2. The van der Waals surface area contributed by atoms with Gasteiger partial charge in [0.1, 0.15) is 11.5 Å². The number of hydrogen-bond acceptors (Lipinski definition) is 4. The second-order valence-electron chi connectivity index (χ2n) is 7.42. The van der Waals surface area contributed by atoms with Crippen molar-refractivity contribution in [2.75, 3.05) is 26.7 Å². The summed E-state index contributed by atoms with van der Waals surface area (Å²) in [5.74, 6) is -0.923. The van der Waals surface area contributed by atoms with Crippen LogP contribution < -0.4 is 5.32 Å². The Morgan fingerprint density at radius 2 is 2.13 bits per heavy atom. The summed E-state index contributed by atoms with van der Waals surface area (Å²) in [7, 11) is 1.49. The number of nitrogens with zero attached hydrogens (tertiary/aromatic N) is 3. The van der Waals surface area contributed by atoms with E-state index >= 15 is 4.39 Å². The molecule has 9 heteroatoms. The second-order valence-corrected chi connectivity index (χ2v) is 7.85. The third kappa shape index (κ3) is 4.26. The highest BCUT2D eigenvalue weighted by Gasteiger charge is 2.26. The molecule has 1 atom stereocenters. The van der Waals surface area contributed by atoms with Crippen molar-refractivity contribution in [2.45, 2.75) is 19.4 Å². The summed E-state index contributed by atoms with van der Waals surface area (Å²) < 4.78 is 22.8. The number of nitrogens with one attached hydrogen (secondary N) is 1. The number of pyridine rings is 1. The molecule has 1 saturated heterocycles. The van der Waals surface area contributed by atoms with E-state index in [1.807, 2.05) is 4.40 Å². The molecule has 1 aliphatic rings. The fraction of sp³-hybridized carbons (Fsp3) is 0.318. The first kappa shape index (κ1) is 21.3. The molecule has 1 aliphatic heterocycles. The average Bonchev–Trinajstić information content (AvgIpc) is 3.10. The number of aromatic nitrogens is 2. The molecule has 3 aromatic rings. The van der Waals surface area contributed by atoms with Gasteiger partial charge in [-0.2, -0.15) is 0 Å². The van der Waals surface area contributed by atoms with Crippen molar-refractivity contribution < 1.29 is 18.7 Å². The van der Waals surface area contributed by atoms with Gasteiger partial charge in [-0.25, -0.2) is 9.37 Å². The van der Waals surface area contributed by atoms with Gasteiger partial charge >= 0.3 is 0 Å². The number of hydrogen-bond donors (Lipinski definition) is 1. The molecular formula is C22H22ClFN4O3. The summed E-state index contributed by atoms with van der Waals surface area (Å²) >= 11 is 6.13. The van der Waals surface area contributed by atoms with Crippen LogP contribution in [0.15, 0.2) is 36.5 Å². The van der Waals surface area contributed by atoms with Crippen molar-refractivity contribution >= 4 is 29.1 Å². The zero-order chi connectivity index (χ0) is 22.1. The van der Waals surface area contributed by atoms with E-state index in [1.54, 1.807) is 35.4 Å². The first-order valence-electron chi connectivity index (χ1n) is 9.93. The summed E-state index contributed by atoms with van der Waals surface area (Å²) in [5.41, 5.74) is 2.28. The Kier molecular flexibility index (Phi) is 5.93. The number of amides is 2. The smallest absolute Gasteiger partial charge is 0.251 e. The van der Waals surface area contributed by atoms with Crippen LogP contribution in [0.25, 0.3) is 16.9 Å². The Morgan fingerprint density at radius 1 is 1.32 bits per heavy atom. The van der Waals surface area contributed by atoms with Crippen LogP contribution in [0, 0.1) is 5.82 Å². The van der Waals surface area contributed by atoms with E-state index in [-0.39, 0.29) is 29.0 Å². The average molecular weight is 445 g/mol. The molecule has 0 spiro atoms. The van der Waals surface area contributed by atoms with Crippen LogP contribution in [-0.4, -0.2) is 58.9 Å². The lowest BCUT2D eigenvalue weighted by Crippen LogP contribution is -2.45. The van der Waals surface area contributed by atoms with Gasteiger partial charge in [-0.1, -0.05) is 11.6 Å². The van der Waals surface area contributed by atoms with E-state index in [4.69, 9.17) is 16.3 Å². The summed E-state index contributed by atoms with van der Waals surface area (Å²) in [6.45, 7) is 2.98. The largest absolute Gasteiger partial charge is 0.374 e. The van der Waals surface area contributed by atoms with Crippen LogP contribution in [0.3, 0.4) is 0 Å². The van der Waals surface area contributed by atoms with Crippen LogP contribution in [-0.2, 0) is 16.0 Å². The molecular weight excluding hydrogens is 423 g/mol. The second kappa shape index (κ2) is 8.64. The number of carbonyl (C=O) groups is 2. The number of morpholine rings is 1. The molecule has 31 heavy (non-hydrogen) atoms. The monoisotopic (exact) mass is 444 g/mol. The predicted octanol–water partition coefficient (Wildman–Crippen LogP) is 2.94. The van der Waals surface area contributed by atoms with Crippen LogP contribution in [0.5, 0.6) is 0 Å². The minimum absolute atomic E-state index is 0.00529. The molecule has 0 aliphatic carbocycles. The number of ether oxygens (including phenoxy) is 1. The fourth-order valence-corrected chi connectivity index (χ4v) is 3.97. The Balaban J connectivity index is 1.77. The van der Waals surface area contributed by atoms with E-state index < -0.39 is 5.82 Å². The number of imidazole rings is 1. The predicted molar refractivity (Wildman–Crippen MR) is 115 cm³/mol. The molecule has 1 unspecified atom stereocenters. The van der Waals surface area contributed by atoms with E-state index in [9.17, 15) is 9.59 Å². The molecule has 0 radical (unpaired) electrons. The zero-order valence-corrected chi connectivity index (χ0v) is 17.9. The maximum Gasteiger partial charge on any atom is 0.251 e. The molecule has 1 fully saturated rings. The molecule has 1 aromatic carbocycles. The van der Waals surface area contributed by atoms with Crippen molar-refractivity contribution in [1.82, 2.24) is 19.6 Å². The van der Waals surface area contributed by atoms with Crippen molar-refractivity contribution in [3.05, 3.63) is 58.6 Å². The molecule has 0 bridgehead atoms. The minimum Gasteiger partial charge on any atom is -0.374 e. The molecule has 0 saturated carbocycles. The maximum absolute atomic E-state index is 15.0. The lowest BCUT2D eigenvalue weighted by molar-refractivity contribution is -0.136. The topological polar surface area (TPSA) is 75.9 Å². The number of benzene rings is 1. The first-order chi connectivity index (χ1) is 14.9. The highest BCUT2D eigenvalue weighted by atomic mass is 35.5. The van der Waals surface area contributed by atoms with Gasteiger partial charge in [0.25, 0.3) is 5.91 Å². The molecule has 3 heterocycles. The summed E-state index contributed by atoms with van der Waals surface area (Å²) in [5, 5.41) is 3.00. The van der Waals surface area contributed by atoms with Gasteiger partial charge in [-0.3, -0.25) is 9.59 Å². The van der Waals surface area contributed by atoms with Crippen molar-refractivity contribution in [2.24, 2.45) is 0 Å². The maximum atomic E-state index is 15.0. The third-order valence-electron chi connectivity index (χ3n) is 5.41. The highest BCUT2D eigenvalue weighted by molar-refractivity contribution is 6.30. The van der Waals surface area contributed by atoms with E-state index in [1.165, 1.54) is 20.0 Å². The highest BCUT2D eigenvalue weighted by Crippen LogP contribution is 2.30. The Bertz CT molecular complexity index is 1160. The molecule has 1 N–H and O–H groups in total. The summed E-state index contributed by atoms with van der Waals surface area (Å²) in [6.07, 6.45) is 1.96. The van der Waals surface area contributed by atoms with Crippen molar-refractivity contribution in [3.63, 3.8) is 0 Å². The van der Waals surface area contributed by atoms with Gasteiger partial charge in [0, 0.05) is 61.9 Å². The third-order valence-corrected chi connectivity index (χ3v) is 5.64. The number of rotatable bonds is 4. The van der Waals surface area contributed by atoms with Gasteiger partial charge in [-0.05, 0) is 24.3 Å². The van der Waals surface area contributed by atoms with Crippen LogP contribution in [0.2, 0.25) is 5.02 Å². The van der Waals surface area contributed by atoms with E-state index in [2.05, 4.69) is 10.3 Å². The minimum atomic E-state index is -0.549. The summed E-state index contributed by atoms with van der Waals surface area (Å²) in [4.78, 5) is 30.0. The van der Waals surface area contributed by atoms with Gasteiger partial charge in [0.05, 0.1) is 24.1 Å². The lowest BCUT2D eigenvalue weighted by Gasteiger charge is -2.32. The van der Waals surface area contributed by atoms with Gasteiger partial charge in [0.2, 0.25) is 5.91 Å². The fourth-order valence-electron chi connectivity index (χ4n) is 3.82. The Labute approximate surface area is 183 Å². The number of carbonyl (C=O) groups excluding carboxylic acids is 2. The van der Waals surface area contributed by atoms with Gasteiger partial charge in [-0.15, -0.1) is 0 Å². The van der Waals surface area contributed by atoms with E-state index in [0.717, 1.165) is 5.69 Å². The molecule has 4 rings (SSSR count). The molecule has 162 valence electrons. The lowest BCUT2D eigenvalue weighted by atomic mass is 10.0. The molecule has 7 nitrogen and oxygen atoms in total. The number of fused-ring (bicyclic) bond motifs is 1. The zero-order valence-electron chi connectivity index (χ0n) is 17.2. The standard InChI is InChI=1S/C22H22ClFN4O3/c1-13(29)27-7-8-31-16(12-27)11-19-21(26-20-10-15(23)5-6-28(19)20)17-4-3-14(9-18(17)24)22(30)25-2/h3-6,9-10,16H,7-8,11-12H2,1-2H3,(H,25,30). The Hall–Kier alpha value is -2.97. The van der Waals surface area contributed by atoms with E-state index in [0.29, 0.717) is 42.5 Å². The quantitative estimate of drug-likeness (QED) is 0.671. The molecule has 2 amide bonds. The van der Waals surface area contributed by atoms with Gasteiger partial charge < -0.3 is 19.4 Å². The summed E-state index contributed by atoms with van der Waals surface area (Å²) in [6, 6.07) is 7.75.